The van der Waals surface area contributed by atoms with Crippen molar-refractivity contribution in [3.8, 4) is 0 Å². The highest BCUT2D eigenvalue weighted by molar-refractivity contribution is 5.86. The predicted octanol–water partition coefficient (Wildman–Crippen LogP) is 6.26. The number of hydrogen-bond donors (Lipinski definition) is 0. The average Bonchev–Trinajstić information content (AvgIpc) is 3.49. The summed E-state index contributed by atoms with van der Waals surface area (Å²) in [5.74, 6) is -0.754. The molecule has 0 amide bonds. The van der Waals surface area contributed by atoms with E-state index in [1.807, 2.05) is 60.7 Å². The second-order valence-electron chi connectivity index (χ2n) is 11.7. The number of hydrogen-bond acceptors (Lipinski definition) is 5. The van der Waals surface area contributed by atoms with Gasteiger partial charge in [-0.3, -0.25) is 4.79 Å². The van der Waals surface area contributed by atoms with Gasteiger partial charge in [0, 0.05) is 44.9 Å². The molecule has 210 valence electrons. The molecule has 6 nitrogen and oxygen atoms in total. The molecule has 2 aromatic rings. The molecule has 0 N–H and O–H groups in total. The zero-order valence-electron chi connectivity index (χ0n) is 23.6. The fourth-order valence-corrected chi connectivity index (χ4v) is 7.51. The number of quaternary nitrogens is 1. The molecule has 3 atom stereocenters. The Morgan fingerprint density at radius 3 is 2.00 bits per heavy atom. The molecule has 3 saturated heterocycles. The quantitative estimate of drug-likeness (QED) is 0.147. The van der Waals surface area contributed by atoms with Crippen LogP contribution in [-0.4, -0.2) is 54.0 Å². The fourth-order valence-electron chi connectivity index (χ4n) is 7.51. The molecule has 3 fully saturated rings. The molecule has 0 saturated carbocycles. The average molecular weight is 535 g/mol. The number of rotatable bonds is 11. The Labute approximate surface area is 233 Å². The Hall–Kier alpha value is -2.70. The molecular weight excluding hydrogens is 490 g/mol. The maximum absolute atomic E-state index is 14.4. The van der Waals surface area contributed by atoms with Crippen LogP contribution in [0.1, 0.15) is 89.2 Å². The van der Waals surface area contributed by atoms with E-state index in [1.165, 1.54) is 43.3 Å². The summed E-state index contributed by atoms with van der Waals surface area (Å²) in [4.78, 5) is 27.0. The van der Waals surface area contributed by atoms with Crippen LogP contribution in [0.15, 0.2) is 60.7 Å². The minimum absolute atomic E-state index is 0.137. The van der Waals surface area contributed by atoms with E-state index >= 15 is 0 Å². The molecule has 3 unspecified atom stereocenters. The first-order valence-corrected chi connectivity index (χ1v) is 15.0. The first-order valence-electron chi connectivity index (χ1n) is 15.0. The summed E-state index contributed by atoms with van der Waals surface area (Å²) in [6.07, 6.45) is 8.92. The Morgan fingerprint density at radius 1 is 0.897 bits per heavy atom. The molecule has 2 bridgehead atoms. The standard InChI is InChI=1S/C33H44NO5/c1-3-4-7-18-31(35)37-25(2)39-33(26-14-8-5-9-15-26,27-16-10-6-11-17-27)32(36)38-30-23-28-19-20-29(24-30)34(28)21-12-13-22-34/h5-6,8-11,14-17,25,28-30H,3-4,7,12-13,18-24H2,1-2H3/q+1. The van der Waals surface area contributed by atoms with Gasteiger partial charge >= 0.3 is 11.9 Å². The van der Waals surface area contributed by atoms with E-state index in [9.17, 15) is 9.59 Å². The van der Waals surface area contributed by atoms with E-state index in [1.54, 1.807) is 6.92 Å². The molecular formula is C33H44NO5+. The minimum Gasteiger partial charge on any atom is -0.459 e. The van der Waals surface area contributed by atoms with Crippen molar-refractivity contribution in [1.82, 2.24) is 0 Å². The predicted molar refractivity (Wildman–Crippen MR) is 150 cm³/mol. The van der Waals surface area contributed by atoms with Gasteiger partial charge < -0.3 is 18.7 Å². The molecule has 6 heteroatoms. The molecule has 5 rings (SSSR count). The lowest BCUT2D eigenvalue weighted by Crippen LogP contribution is -2.60. The number of carbonyl (C=O) groups is 2. The molecule has 3 aliphatic rings. The van der Waals surface area contributed by atoms with E-state index in [4.69, 9.17) is 14.2 Å². The van der Waals surface area contributed by atoms with Crippen molar-refractivity contribution in [3.63, 3.8) is 0 Å². The first-order chi connectivity index (χ1) is 19.0. The number of benzene rings is 2. The summed E-state index contributed by atoms with van der Waals surface area (Å²) in [5.41, 5.74) is -0.226. The van der Waals surface area contributed by atoms with Gasteiger partial charge in [0.25, 0.3) is 0 Å². The largest absolute Gasteiger partial charge is 0.459 e. The van der Waals surface area contributed by atoms with Crippen LogP contribution >= 0.6 is 0 Å². The van der Waals surface area contributed by atoms with Crippen molar-refractivity contribution in [2.75, 3.05) is 13.1 Å². The van der Waals surface area contributed by atoms with Gasteiger partial charge in [-0.2, -0.15) is 0 Å². The van der Waals surface area contributed by atoms with Gasteiger partial charge in [-0.05, 0) is 24.5 Å². The SMILES string of the molecule is CCCCCC(=O)OC(C)OC(C(=O)OC1CC2CCC(C1)[N+]21CCCC1)(c1ccccc1)c1ccccc1. The van der Waals surface area contributed by atoms with Gasteiger partial charge in [-0.1, -0.05) is 80.4 Å². The topological polar surface area (TPSA) is 61.8 Å². The summed E-state index contributed by atoms with van der Waals surface area (Å²) in [5, 5.41) is 0. The molecule has 2 aromatic carbocycles. The van der Waals surface area contributed by atoms with Crippen molar-refractivity contribution in [2.45, 2.75) is 108 Å². The fraction of sp³-hybridized carbons (Fsp3) is 0.576. The van der Waals surface area contributed by atoms with Crippen LogP contribution in [0.25, 0.3) is 0 Å². The third-order valence-corrected chi connectivity index (χ3v) is 9.30. The Kier molecular flexibility index (Phi) is 8.73. The third-order valence-electron chi connectivity index (χ3n) is 9.30. The number of piperidine rings is 1. The highest BCUT2D eigenvalue weighted by Gasteiger charge is 2.57. The molecule has 1 spiro atoms. The van der Waals surface area contributed by atoms with Gasteiger partial charge in [0.15, 0.2) is 0 Å². The van der Waals surface area contributed by atoms with E-state index in [2.05, 4.69) is 6.92 Å². The van der Waals surface area contributed by atoms with Gasteiger partial charge in [0.2, 0.25) is 11.9 Å². The van der Waals surface area contributed by atoms with Crippen molar-refractivity contribution >= 4 is 11.9 Å². The van der Waals surface area contributed by atoms with E-state index in [-0.39, 0.29) is 12.1 Å². The molecule has 0 aliphatic carbocycles. The monoisotopic (exact) mass is 534 g/mol. The van der Waals surface area contributed by atoms with E-state index in [0.717, 1.165) is 32.1 Å². The lowest BCUT2D eigenvalue weighted by molar-refractivity contribution is -0.956. The van der Waals surface area contributed by atoms with Crippen LogP contribution in [-0.2, 0) is 29.4 Å². The molecule has 3 heterocycles. The highest BCUT2D eigenvalue weighted by atomic mass is 16.7. The van der Waals surface area contributed by atoms with Gasteiger partial charge in [-0.25, -0.2) is 4.79 Å². The van der Waals surface area contributed by atoms with Crippen molar-refractivity contribution < 1.29 is 28.3 Å². The van der Waals surface area contributed by atoms with Gasteiger partial charge in [-0.15, -0.1) is 0 Å². The first kappa shape index (κ1) is 27.9. The van der Waals surface area contributed by atoms with Crippen LogP contribution < -0.4 is 0 Å². The Balaban J connectivity index is 1.42. The Morgan fingerprint density at radius 2 is 1.46 bits per heavy atom. The zero-order chi connectivity index (χ0) is 27.3. The lowest BCUT2D eigenvalue weighted by atomic mass is 9.85. The van der Waals surface area contributed by atoms with Crippen molar-refractivity contribution in [2.24, 2.45) is 0 Å². The summed E-state index contributed by atoms with van der Waals surface area (Å²) in [6, 6.07) is 20.1. The van der Waals surface area contributed by atoms with Crippen LogP contribution in [0.5, 0.6) is 0 Å². The summed E-state index contributed by atoms with van der Waals surface area (Å²) >= 11 is 0. The summed E-state index contributed by atoms with van der Waals surface area (Å²) < 4.78 is 19.9. The Bertz CT molecular complexity index is 1040. The van der Waals surface area contributed by atoms with Crippen LogP contribution in [0.3, 0.4) is 0 Å². The van der Waals surface area contributed by atoms with Crippen molar-refractivity contribution in [1.29, 1.82) is 0 Å². The number of unbranched alkanes of at least 4 members (excludes halogenated alkanes) is 2. The van der Waals surface area contributed by atoms with E-state index < -0.39 is 17.9 Å². The minimum atomic E-state index is -1.55. The highest BCUT2D eigenvalue weighted by Crippen LogP contribution is 2.47. The normalized spacial score (nSPS) is 24.4. The molecule has 39 heavy (non-hydrogen) atoms. The smallest absolute Gasteiger partial charge is 0.348 e. The van der Waals surface area contributed by atoms with E-state index in [0.29, 0.717) is 29.6 Å². The summed E-state index contributed by atoms with van der Waals surface area (Å²) in [6.45, 7) is 6.34. The number of ether oxygens (including phenoxy) is 3. The maximum atomic E-state index is 14.4. The second kappa shape index (κ2) is 12.2. The van der Waals surface area contributed by atoms with Crippen LogP contribution in [0.2, 0.25) is 0 Å². The van der Waals surface area contributed by atoms with Gasteiger partial charge in [0.05, 0.1) is 25.2 Å². The second-order valence-corrected chi connectivity index (χ2v) is 11.7. The number of carbonyl (C=O) groups excluding carboxylic acids is 2. The molecule has 0 aromatic heterocycles. The number of nitrogens with zero attached hydrogens (tertiary/aromatic N) is 1. The summed E-state index contributed by atoms with van der Waals surface area (Å²) in [7, 11) is 0. The van der Waals surface area contributed by atoms with Crippen LogP contribution in [0, 0.1) is 0 Å². The molecule has 0 radical (unpaired) electrons. The maximum Gasteiger partial charge on any atom is 0.348 e. The molecule has 3 aliphatic heterocycles. The van der Waals surface area contributed by atoms with Crippen LogP contribution in [0.4, 0.5) is 0 Å². The lowest BCUT2D eigenvalue weighted by Gasteiger charge is -2.47. The van der Waals surface area contributed by atoms with Crippen molar-refractivity contribution in [3.05, 3.63) is 71.8 Å². The third kappa shape index (κ3) is 5.64. The number of esters is 2. The zero-order valence-corrected chi connectivity index (χ0v) is 23.6. The van der Waals surface area contributed by atoms with Gasteiger partial charge in [0.1, 0.15) is 6.10 Å².